The quantitative estimate of drug-likeness (QED) is 0.783. The minimum atomic E-state index is -0.0198. The summed E-state index contributed by atoms with van der Waals surface area (Å²) in [6, 6.07) is 1.84. The third-order valence-electron chi connectivity index (χ3n) is 2.76. The molecular weight excluding hydrogens is 220 g/mol. The Morgan fingerprint density at radius 2 is 2.41 bits per heavy atom. The average Bonchev–Trinajstić information content (AvgIpc) is 2.39. The number of hydrogen-bond acceptors (Lipinski definition) is 6. The highest BCUT2D eigenvalue weighted by Gasteiger charge is 2.23. The number of aliphatic hydroxyl groups excluding tert-OH is 1. The zero-order valence-corrected chi connectivity index (χ0v) is 10.2. The number of ether oxygens (including phenoxy) is 1. The first-order valence-electron chi connectivity index (χ1n) is 5.68. The summed E-state index contributed by atoms with van der Waals surface area (Å²) in [5, 5.41) is 9.33. The molecule has 1 aromatic rings. The molecule has 0 aliphatic carbocycles. The fraction of sp³-hybridized carbons (Fsp3) is 0.636. The van der Waals surface area contributed by atoms with Gasteiger partial charge in [-0.1, -0.05) is 0 Å². The molecule has 1 N–H and O–H groups in total. The lowest BCUT2D eigenvalue weighted by atomic mass is 10.2. The van der Waals surface area contributed by atoms with Crippen LogP contribution in [0.25, 0.3) is 0 Å². The van der Waals surface area contributed by atoms with Crippen LogP contribution in [0.3, 0.4) is 0 Å². The van der Waals surface area contributed by atoms with Crippen molar-refractivity contribution in [3.63, 3.8) is 0 Å². The molecular formula is C11H18N4O2. The maximum atomic E-state index is 9.33. The molecule has 1 aromatic heterocycles. The van der Waals surface area contributed by atoms with Crippen LogP contribution in [0.15, 0.2) is 12.3 Å². The van der Waals surface area contributed by atoms with Gasteiger partial charge in [0.15, 0.2) is 0 Å². The molecule has 0 bridgehead atoms. The van der Waals surface area contributed by atoms with Gasteiger partial charge in [0.25, 0.3) is 0 Å². The molecule has 94 valence electrons. The van der Waals surface area contributed by atoms with Crippen LogP contribution in [0.5, 0.6) is 0 Å². The van der Waals surface area contributed by atoms with Crippen molar-refractivity contribution in [1.82, 2.24) is 9.97 Å². The maximum Gasteiger partial charge on any atom is 0.226 e. The summed E-state index contributed by atoms with van der Waals surface area (Å²) in [6.45, 7) is 2.02. The fourth-order valence-electron chi connectivity index (χ4n) is 1.82. The summed E-state index contributed by atoms with van der Waals surface area (Å²) >= 11 is 0. The van der Waals surface area contributed by atoms with Crippen molar-refractivity contribution in [2.24, 2.45) is 0 Å². The van der Waals surface area contributed by atoms with E-state index in [-0.39, 0.29) is 12.6 Å². The van der Waals surface area contributed by atoms with E-state index in [1.165, 1.54) is 0 Å². The second kappa shape index (κ2) is 5.29. The summed E-state index contributed by atoms with van der Waals surface area (Å²) in [5.41, 5.74) is 0. The van der Waals surface area contributed by atoms with Crippen molar-refractivity contribution in [3.05, 3.63) is 12.3 Å². The number of aliphatic hydroxyl groups is 1. The molecule has 0 radical (unpaired) electrons. The van der Waals surface area contributed by atoms with E-state index in [1.54, 1.807) is 6.20 Å². The van der Waals surface area contributed by atoms with E-state index in [4.69, 9.17) is 4.74 Å². The van der Waals surface area contributed by atoms with Crippen molar-refractivity contribution in [2.75, 3.05) is 50.3 Å². The Morgan fingerprint density at radius 3 is 3.12 bits per heavy atom. The molecule has 1 unspecified atom stereocenters. The molecule has 1 aliphatic heterocycles. The zero-order valence-electron chi connectivity index (χ0n) is 10.2. The summed E-state index contributed by atoms with van der Waals surface area (Å²) in [7, 11) is 3.81. The molecule has 1 atom stereocenters. The molecule has 6 nitrogen and oxygen atoms in total. The van der Waals surface area contributed by atoms with Gasteiger partial charge in [0.05, 0.1) is 25.9 Å². The van der Waals surface area contributed by atoms with Crippen LogP contribution in [-0.4, -0.2) is 61.6 Å². The Bertz CT molecular complexity index is 372. The van der Waals surface area contributed by atoms with Crippen LogP contribution in [-0.2, 0) is 4.74 Å². The van der Waals surface area contributed by atoms with Gasteiger partial charge in [-0.3, -0.25) is 0 Å². The molecule has 0 saturated carbocycles. The van der Waals surface area contributed by atoms with Gasteiger partial charge in [0, 0.05) is 26.8 Å². The highest BCUT2D eigenvalue weighted by Crippen LogP contribution is 2.18. The first-order valence-corrected chi connectivity index (χ1v) is 5.68. The molecule has 0 spiro atoms. The second-order valence-electron chi connectivity index (χ2n) is 4.21. The van der Waals surface area contributed by atoms with E-state index in [1.807, 2.05) is 25.1 Å². The second-order valence-corrected chi connectivity index (χ2v) is 4.21. The van der Waals surface area contributed by atoms with Gasteiger partial charge in [-0.05, 0) is 6.07 Å². The molecule has 1 saturated heterocycles. The normalized spacial score (nSPS) is 20.4. The predicted octanol–water partition coefficient (Wildman–Crippen LogP) is -0.260. The first-order chi connectivity index (χ1) is 8.22. The van der Waals surface area contributed by atoms with E-state index in [9.17, 15) is 5.11 Å². The standard InChI is InChI=1S/C11H18N4O2/c1-14(2)11-12-4-3-10(13-11)15-5-6-17-8-9(15)7-16/h3-4,9,16H,5-8H2,1-2H3. The van der Waals surface area contributed by atoms with Crippen LogP contribution in [0.4, 0.5) is 11.8 Å². The van der Waals surface area contributed by atoms with Crippen molar-refractivity contribution in [3.8, 4) is 0 Å². The van der Waals surface area contributed by atoms with E-state index in [0.29, 0.717) is 19.2 Å². The minimum Gasteiger partial charge on any atom is -0.394 e. The number of rotatable bonds is 3. The molecule has 0 amide bonds. The number of anilines is 2. The van der Waals surface area contributed by atoms with Gasteiger partial charge in [0.1, 0.15) is 5.82 Å². The van der Waals surface area contributed by atoms with Crippen LogP contribution in [0, 0.1) is 0 Å². The van der Waals surface area contributed by atoms with Gasteiger partial charge in [-0.25, -0.2) is 4.98 Å². The number of aromatic nitrogens is 2. The Morgan fingerprint density at radius 1 is 1.59 bits per heavy atom. The number of morpholine rings is 1. The largest absolute Gasteiger partial charge is 0.394 e. The third-order valence-corrected chi connectivity index (χ3v) is 2.76. The van der Waals surface area contributed by atoms with Crippen molar-refractivity contribution in [1.29, 1.82) is 0 Å². The number of hydrogen-bond donors (Lipinski definition) is 1. The fourth-order valence-corrected chi connectivity index (χ4v) is 1.82. The minimum absolute atomic E-state index is 0.0198. The summed E-state index contributed by atoms with van der Waals surface area (Å²) in [6.07, 6.45) is 1.74. The van der Waals surface area contributed by atoms with Gasteiger partial charge in [0.2, 0.25) is 5.95 Å². The van der Waals surface area contributed by atoms with Gasteiger partial charge >= 0.3 is 0 Å². The van der Waals surface area contributed by atoms with Crippen LogP contribution in [0.2, 0.25) is 0 Å². The average molecular weight is 238 g/mol. The van der Waals surface area contributed by atoms with Gasteiger partial charge in [-0.15, -0.1) is 0 Å². The summed E-state index contributed by atoms with van der Waals surface area (Å²) in [4.78, 5) is 12.6. The summed E-state index contributed by atoms with van der Waals surface area (Å²) in [5.74, 6) is 1.51. The number of nitrogens with zero attached hydrogens (tertiary/aromatic N) is 4. The zero-order chi connectivity index (χ0) is 12.3. The monoisotopic (exact) mass is 238 g/mol. The van der Waals surface area contributed by atoms with E-state index < -0.39 is 0 Å². The Kier molecular flexibility index (Phi) is 3.75. The molecule has 1 aliphatic rings. The van der Waals surface area contributed by atoms with Gasteiger partial charge in [-0.2, -0.15) is 4.98 Å². The molecule has 1 fully saturated rings. The smallest absolute Gasteiger partial charge is 0.226 e. The molecule has 0 aromatic carbocycles. The highest BCUT2D eigenvalue weighted by atomic mass is 16.5. The molecule has 17 heavy (non-hydrogen) atoms. The summed E-state index contributed by atoms with van der Waals surface area (Å²) < 4.78 is 5.35. The van der Waals surface area contributed by atoms with Crippen molar-refractivity contribution >= 4 is 11.8 Å². The maximum absolute atomic E-state index is 9.33. The van der Waals surface area contributed by atoms with Crippen LogP contribution >= 0.6 is 0 Å². The third kappa shape index (κ3) is 2.65. The van der Waals surface area contributed by atoms with E-state index in [2.05, 4.69) is 14.9 Å². The Hall–Kier alpha value is -1.40. The van der Waals surface area contributed by atoms with Gasteiger partial charge < -0.3 is 19.6 Å². The first kappa shape index (κ1) is 12.1. The van der Waals surface area contributed by atoms with Crippen LogP contribution in [0.1, 0.15) is 0 Å². The molecule has 2 rings (SSSR count). The molecule has 6 heteroatoms. The Balaban J connectivity index is 2.22. The molecule has 2 heterocycles. The lowest BCUT2D eigenvalue weighted by molar-refractivity contribution is 0.0723. The van der Waals surface area contributed by atoms with E-state index in [0.717, 1.165) is 12.4 Å². The lowest BCUT2D eigenvalue weighted by Gasteiger charge is -2.35. The lowest BCUT2D eigenvalue weighted by Crippen LogP contribution is -2.48. The van der Waals surface area contributed by atoms with Crippen LogP contribution < -0.4 is 9.80 Å². The topological polar surface area (TPSA) is 61.7 Å². The predicted molar refractivity (Wildman–Crippen MR) is 65.4 cm³/mol. The highest BCUT2D eigenvalue weighted by molar-refractivity contribution is 5.44. The van der Waals surface area contributed by atoms with Crippen molar-refractivity contribution in [2.45, 2.75) is 6.04 Å². The van der Waals surface area contributed by atoms with Crippen molar-refractivity contribution < 1.29 is 9.84 Å². The van der Waals surface area contributed by atoms with E-state index >= 15 is 0 Å². The SMILES string of the molecule is CN(C)c1nccc(N2CCOCC2CO)n1. The Labute approximate surface area is 101 Å².